The Labute approximate surface area is 104 Å². The summed E-state index contributed by atoms with van der Waals surface area (Å²) >= 11 is 0. The highest BCUT2D eigenvalue weighted by Gasteiger charge is 2.01. The first kappa shape index (κ1) is 13.8. The van der Waals surface area contributed by atoms with Gasteiger partial charge in [0.2, 0.25) is 0 Å². The number of ether oxygens (including phenoxy) is 1. The van der Waals surface area contributed by atoms with Gasteiger partial charge in [-0.05, 0) is 31.0 Å². The van der Waals surface area contributed by atoms with Gasteiger partial charge in [-0.2, -0.15) is 0 Å². The van der Waals surface area contributed by atoms with E-state index >= 15 is 0 Å². The highest BCUT2D eigenvalue weighted by Crippen LogP contribution is 2.09. The molecule has 1 rings (SSSR count). The Balaban J connectivity index is 2.54. The molecule has 0 aliphatic carbocycles. The van der Waals surface area contributed by atoms with Crippen molar-refractivity contribution >= 4 is 0 Å². The summed E-state index contributed by atoms with van der Waals surface area (Å²) in [7, 11) is 0. The van der Waals surface area contributed by atoms with Crippen LogP contribution in [-0.2, 0) is 11.3 Å². The average Bonchev–Trinajstić information content (AvgIpc) is 2.35. The van der Waals surface area contributed by atoms with Crippen LogP contribution in [0.4, 0.5) is 0 Å². The second-order valence-corrected chi connectivity index (χ2v) is 4.07. The summed E-state index contributed by atoms with van der Waals surface area (Å²) in [6.45, 7) is 4.77. The maximum absolute atomic E-state index is 8.63. The molecule has 0 heterocycles. The second-order valence-electron chi connectivity index (χ2n) is 4.07. The van der Waals surface area contributed by atoms with Gasteiger partial charge in [0.15, 0.2) is 0 Å². The standard InChI is InChI=1S/C15H20O2/c1-3-6-13(2)17-12-15-8-4-7-14(11-15)9-5-10-16/h4,7-8,11,13,16H,3,6,10,12H2,1-2H3. The smallest absolute Gasteiger partial charge is 0.104 e. The molecule has 0 fully saturated rings. The number of hydrogen-bond acceptors (Lipinski definition) is 2. The second kappa shape index (κ2) is 7.89. The minimum absolute atomic E-state index is 0.103. The fraction of sp³-hybridized carbons (Fsp3) is 0.467. The third-order valence-electron chi connectivity index (χ3n) is 2.47. The van der Waals surface area contributed by atoms with Crippen molar-refractivity contribution in [1.29, 1.82) is 0 Å². The van der Waals surface area contributed by atoms with Gasteiger partial charge in [0.1, 0.15) is 6.61 Å². The number of aliphatic hydroxyl groups is 1. The summed E-state index contributed by atoms with van der Waals surface area (Å²) in [4.78, 5) is 0. The predicted molar refractivity (Wildman–Crippen MR) is 69.6 cm³/mol. The third-order valence-corrected chi connectivity index (χ3v) is 2.47. The van der Waals surface area contributed by atoms with Crippen LogP contribution in [0.2, 0.25) is 0 Å². The molecule has 2 heteroatoms. The molecule has 0 bridgehead atoms. The molecular formula is C15H20O2. The molecule has 0 radical (unpaired) electrons. The van der Waals surface area contributed by atoms with E-state index in [4.69, 9.17) is 9.84 Å². The number of hydrogen-bond donors (Lipinski definition) is 1. The van der Waals surface area contributed by atoms with E-state index in [9.17, 15) is 0 Å². The lowest BCUT2D eigenvalue weighted by Crippen LogP contribution is -2.07. The van der Waals surface area contributed by atoms with Crippen LogP contribution in [0.15, 0.2) is 24.3 Å². The van der Waals surface area contributed by atoms with Gasteiger partial charge in [0, 0.05) is 5.56 Å². The monoisotopic (exact) mass is 232 g/mol. The summed E-state index contributed by atoms with van der Waals surface area (Å²) in [5, 5.41) is 8.63. The lowest BCUT2D eigenvalue weighted by molar-refractivity contribution is 0.0472. The van der Waals surface area contributed by atoms with Gasteiger partial charge in [0.25, 0.3) is 0 Å². The van der Waals surface area contributed by atoms with E-state index in [2.05, 4.69) is 25.7 Å². The first-order valence-corrected chi connectivity index (χ1v) is 6.06. The first-order chi connectivity index (χ1) is 8.26. The van der Waals surface area contributed by atoms with Gasteiger partial charge in [-0.25, -0.2) is 0 Å². The zero-order valence-corrected chi connectivity index (χ0v) is 10.6. The summed E-state index contributed by atoms with van der Waals surface area (Å²) < 4.78 is 5.73. The van der Waals surface area contributed by atoms with E-state index in [0.29, 0.717) is 12.7 Å². The highest BCUT2D eigenvalue weighted by molar-refractivity contribution is 5.36. The summed E-state index contributed by atoms with van der Waals surface area (Å²) in [6.07, 6.45) is 2.53. The minimum Gasteiger partial charge on any atom is -0.384 e. The molecule has 1 N–H and O–H groups in total. The van der Waals surface area contributed by atoms with Crippen molar-refractivity contribution in [2.75, 3.05) is 6.61 Å². The van der Waals surface area contributed by atoms with E-state index in [0.717, 1.165) is 24.0 Å². The molecule has 92 valence electrons. The number of rotatable bonds is 5. The van der Waals surface area contributed by atoms with Crippen molar-refractivity contribution in [1.82, 2.24) is 0 Å². The zero-order chi connectivity index (χ0) is 12.5. The van der Waals surface area contributed by atoms with E-state index in [-0.39, 0.29) is 6.61 Å². The minimum atomic E-state index is -0.103. The fourth-order valence-corrected chi connectivity index (χ4v) is 1.61. The Kier molecular flexibility index (Phi) is 6.39. The Morgan fingerprint density at radius 2 is 2.24 bits per heavy atom. The predicted octanol–water partition coefficient (Wildman–Crippen LogP) is 2.74. The van der Waals surface area contributed by atoms with Crippen LogP contribution in [0, 0.1) is 11.8 Å². The summed E-state index contributed by atoms with van der Waals surface area (Å²) in [5.41, 5.74) is 2.04. The Morgan fingerprint density at radius 3 is 2.94 bits per heavy atom. The summed E-state index contributed by atoms with van der Waals surface area (Å²) in [6, 6.07) is 7.93. The molecule has 17 heavy (non-hydrogen) atoms. The lowest BCUT2D eigenvalue weighted by atomic mass is 10.1. The summed E-state index contributed by atoms with van der Waals surface area (Å²) in [5.74, 6) is 5.53. The Morgan fingerprint density at radius 1 is 1.41 bits per heavy atom. The first-order valence-electron chi connectivity index (χ1n) is 6.06. The van der Waals surface area contributed by atoms with Crippen LogP contribution in [0.5, 0.6) is 0 Å². The van der Waals surface area contributed by atoms with E-state index in [1.807, 2.05) is 24.3 Å². The maximum atomic E-state index is 8.63. The molecule has 1 atom stereocenters. The van der Waals surface area contributed by atoms with Crippen LogP contribution in [0.3, 0.4) is 0 Å². The highest BCUT2D eigenvalue weighted by atomic mass is 16.5. The van der Waals surface area contributed by atoms with Crippen molar-refractivity contribution in [3.05, 3.63) is 35.4 Å². The van der Waals surface area contributed by atoms with Gasteiger partial charge in [-0.3, -0.25) is 0 Å². The molecule has 0 saturated carbocycles. The van der Waals surface area contributed by atoms with E-state index < -0.39 is 0 Å². The molecule has 0 saturated heterocycles. The average molecular weight is 232 g/mol. The number of aliphatic hydroxyl groups excluding tert-OH is 1. The molecule has 0 aliphatic heterocycles. The van der Waals surface area contributed by atoms with Crippen LogP contribution >= 0.6 is 0 Å². The zero-order valence-electron chi connectivity index (χ0n) is 10.6. The molecule has 1 aromatic carbocycles. The molecule has 1 unspecified atom stereocenters. The molecule has 0 aromatic heterocycles. The van der Waals surface area contributed by atoms with Crippen molar-refractivity contribution in [3.8, 4) is 11.8 Å². The van der Waals surface area contributed by atoms with Crippen molar-refractivity contribution in [3.63, 3.8) is 0 Å². The molecule has 0 aliphatic rings. The largest absolute Gasteiger partial charge is 0.384 e. The van der Waals surface area contributed by atoms with Gasteiger partial charge in [-0.1, -0.05) is 37.3 Å². The van der Waals surface area contributed by atoms with Crippen LogP contribution in [-0.4, -0.2) is 17.8 Å². The molecule has 1 aromatic rings. The van der Waals surface area contributed by atoms with Crippen molar-refractivity contribution in [2.45, 2.75) is 39.4 Å². The van der Waals surface area contributed by atoms with Gasteiger partial charge in [0.05, 0.1) is 12.7 Å². The van der Waals surface area contributed by atoms with E-state index in [1.165, 1.54) is 0 Å². The SMILES string of the molecule is CCCC(C)OCc1cccc(C#CCO)c1. The Hall–Kier alpha value is -1.30. The van der Waals surface area contributed by atoms with Gasteiger partial charge in [-0.15, -0.1) is 0 Å². The fourth-order valence-electron chi connectivity index (χ4n) is 1.61. The van der Waals surface area contributed by atoms with Gasteiger partial charge < -0.3 is 9.84 Å². The van der Waals surface area contributed by atoms with Crippen molar-refractivity contribution < 1.29 is 9.84 Å². The topological polar surface area (TPSA) is 29.5 Å². The van der Waals surface area contributed by atoms with E-state index in [1.54, 1.807) is 0 Å². The Bertz CT molecular complexity index is 387. The van der Waals surface area contributed by atoms with Gasteiger partial charge >= 0.3 is 0 Å². The molecular weight excluding hydrogens is 212 g/mol. The van der Waals surface area contributed by atoms with Crippen molar-refractivity contribution in [2.24, 2.45) is 0 Å². The molecule has 0 spiro atoms. The van der Waals surface area contributed by atoms with Crippen LogP contribution in [0.1, 0.15) is 37.8 Å². The molecule has 2 nitrogen and oxygen atoms in total. The number of benzene rings is 1. The maximum Gasteiger partial charge on any atom is 0.104 e. The lowest BCUT2D eigenvalue weighted by Gasteiger charge is -2.11. The van der Waals surface area contributed by atoms with Crippen LogP contribution < -0.4 is 0 Å². The normalized spacial score (nSPS) is 11.7. The quantitative estimate of drug-likeness (QED) is 0.791. The third kappa shape index (κ3) is 5.53. The van der Waals surface area contributed by atoms with Crippen LogP contribution in [0.25, 0.3) is 0 Å². The molecule has 0 amide bonds.